The largest absolute Gasteiger partial charge is 0.348 e. The number of carbonyl (C=O) groups is 1. The van der Waals surface area contributed by atoms with Crippen molar-refractivity contribution in [3.05, 3.63) is 29.8 Å². The minimum Gasteiger partial charge on any atom is -0.348 e. The van der Waals surface area contributed by atoms with Crippen molar-refractivity contribution >= 4 is 29.3 Å². The third-order valence-electron chi connectivity index (χ3n) is 2.86. The molecule has 0 fully saturated rings. The van der Waals surface area contributed by atoms with Crippen LogP contribution in [0.4, 0.5) is 4.39 Å². The second kappa shape index (κ2) is 7.21. The predicted molar refractivity (Wildman–Crippen MR) is 78.0 cm³/mol. The van der Waals surface area contributed by atoms with Gasteiger partial charge in [0.2, 0.25) is 5.91 Å². The Labute approximate surface area is 122 Å². The van der Waals surface area contributed by atoms with Gasteiger partial charge in [0.25, 0.3) is 0 Å². The molecule has 0 radical (unpaired) electrons. The lowest BCUT2D eigenvalue weighted by atomic mass is 10.2. The third-order valence-corrected chi connectivity index (χ3v) is 2.86. The number of benzene rings is 1. The van der Waals surface area contributed by atoms with Crippen LogP contribution in [0.1, 0.15) is 25.6 Å². The lowest BCUT2D eigenvalue weighted by molar-refractivity contribution is -0.122. The molecule has 1 heterocycles. The fourth-order valence-electron chi connectivity index (χ4n) is 1.86. The highest BCUT2D eigenvalue weighted by Gasteiger charge is 2.12. The molecule has 110 valence electrons. The molecule has 2 aromatic rings. The van der Waals surface area contributed by atoms with Gasteiger partial charge in [-0.3, -0.25) is 4.79 Å². The van der Waals surface area contributed by atoms with Gasteiger partial charge in [-0.2, -0.15) is 0 Å². The van der Waals surface area contributed by atoms with Crippen molar-refractivity contribution in [1.82, 2.24) is 15.3 Å². The Morgan fingerprint density at radius 2 is 2.30 bits per heavy atom. The minimum absolute atomic E-state index is 0. The second-order valence-electron chi connectivity index (χ2n) is 4.46. The summed E-state index contributed by atoms with van der Waals surface area (Å²) in [5.74, 6) is 0.0582. The molecule has 1 aromatic carbocycles. The van der Waals surface area contributed by atoms with Crippen LogP contribution in [0, 0.1) is 5.82 Å². The molecule has 20 heavy (non-hydrogen) atoms. The van der Waals surface area contributed by atoms with Gasteiger partial charge in [-0.05, 0) is 24.6 Å². The van der Waals surface area contributed by atoms with E-state index in [9.17, 15) is 9.18 Å². The van der Waals surface area contributed by atoms with Crippen LogP contribution >= 0.6 is 12.4 Å². The Hall–Kier alpha value is -1.66. The molecule has 5 nitrogen and oxygen atoms in total. The molecule has 0 aliphatic carbocycles. The van der Waals surface area contributed by atoms with Crippen LogP contribution in [0.25, 0.3) is 11.0 Å². The van der Waals surface area contributed by atoms with Crippen LogP contribution in [-0.4, -0.2) is 21.9 Å². The molecular formula is C13H18ClFN4O. The number of hydrogen-bond donors (Lipinski definition) is 3. The second-order valence-corrected chi connectivity index (χ2v) is 4.46. The van der Waals surface area contributed by atoms with E-state index in [1.807, 2.05) is 6.92 Å². The number of amides is 1. The number of halogens is 2. The molecular weight excluding hydrogens is 283 g/mol. The number of nitrogens with two attached hydrogens (primary N) is 1. The zero-order valence-electron chi connectivity index (χ0n) is 11.1. The third kappa shape index (κ3) is 3.91. The maximum atomic E-state index is 13.0. The van der Waals surface area contributed by atoms with E-state index in [4.69, 9.17) is 5.73 Å². The zero-order chi connectivity index (χ0) is 13.8. The van der Waals surface area contributed by atoms with E-state index in [0.717, 1.165) is 6.42 Å². The molecule has 0 saturated heterocycles. The summed E-state index contributed by atoms with van der Waals surface area (Å²) in [6.07, 6.45) is 1.51. The highest BCUT2D eigenvalue weighted by molar-refractivity contribution is 5.85. The SMILES string of the molecule is CCCC(N)C(=O)NCc1nc2ccc(F)cc2[nH]1.Cl. The number of nitrogens with zero attached hydrogens (tertiary/aromatic N) is 1. The summed E-state index contributed by atoms with van der Waals surface area (Å²) < 4.78 is 13.0. The molecule has 1 aromatic heterocycles. The van der Waals surface area contributed by atoms with Crippen molar-refractivity contribution in [3.8, 4) is 0 Å². The number of H-pyrrole nitrogens is 1. The fraction of sp³-hybridized carbons (Fsp3) is 0.385. The van der Waals surface area contributed by atoms with Crippen LogP contribution in [0.3, 0.4) is 0 Å². The van der Waals surface area contributed by atoms with Crippen molar-refractivity contribution in [2.24, 2.45) is 5.73 Å². The summed E-state index contributed by atoms with van der Waals surface area (Å²) in [6, 6.07) is 3.82. The number of rotatable bonds is 5. The van der Waals surface area contributed by atoms with Gasteiger partial charge in [-0.1, -0.05) is 13.3 Å². The van der Waals surface area contributed by atoms with E-state index in [1.54, 1.807) is 6.07 Å². The van der Waals surface area contributed by atoms with E-state index in [1.165, 1.54) is 12.1 Å². The Morgan fingerprint density at radius 3 is 3.00 bits per heavy atom. The molecule has 0 spiro atoms. The van der Waals surface area contributed by atoms with Crippen molar-refractivity contribution < 1.29 is 9.18 Å². The number of imidazole rings is 1. The number of carbonyl (C=O) groups excluding carboxylic acids is 1. The average Bonchev–Trinajstić information content (AvgIpc) is 2.78. The molecule has 0 saturated carbocycles. The lowest BCUT2D eigenvalue weighted by Crippen LogP contribution is -2.40. The van der Waals surface area contributed by atoms with Gasteiger partial charge in [-0.25, -0.2) is 9.37 Å². The molecule has 1 atom stereocenters. The van der Waals surface area contributed by atoms with Gasteiger partial charge in [0, 0.05) is 0 Å². The first-order valence-corrected chi connectivity index (χ1v) is 6.27. The molecule has 0 aliphatic rings. The molecule has 1 unspecified atom stereocenters. The van der Waals surface area contributed by atoms with Gasteiger partial charge >= 0.3 is 0 Å². The van der Waals surface area contributed by atoms with Crippen molar-refractivity contribution in [1.29, 1.82) is 0 Å². The normalized spacial score (nSPS) is 11.9. The Kier molecular flexibility index (Phi) is 5.91. The zero-order valence-corrected chi connectivity index (χ0v) is 12.0. The average molecular weight is 301 g/mol. The van der Waals surface area contributed by atoms with E-state index >= 15 is 0 Å². The summed E-state index contributed by atoms with van der Waals surface area (Å²) >= 11 is 0. The molecule has 4 N–H and O–H groups in total. The van der Waals surface area contributed by atoms with Gasteiger partial charge in [-0.15, -0.1) is 12.4 Å². The first kappa shape index (κ1) is 16.4. The summed E-state index contributed by atoms with van der Waals surface area (Å²) in [5, 5.41) is 2.71. The first-order chi connectivity index (χ1) is 9.10. The fourth-order valence-corrected chi connectivity index (χ4v) is 1.86. The molecule has 0 aliphatic heterocycles. The Balaban J connectivity index is 0.00000200. The maximum absolute atomic E-state index is 13.0. The van der Waals surface area contributed by atoms with Crippen molar-refractivity contribution in [2.75, 3.05) is 0 Å². The smallest absolute Gasteiger partial charge is 0.237 e. The van der Waals surface area contributed by atoms with Gasteiger partial charge < -0.3 is 16.0 Å². The lowest BCUT2D eigenvalue weighted by Gasteiger charge is -2.09. The van der Waals surface area contributed by atoms with Crippen molar-refractivity contribution in [2.45, 2.75) is 32.4 Å². The number of hydrogen-bond acceptors (Lipinski definition) is 3. The summed E-state index contributed by atoms with van der Waals surface area (Å²) in [6.45, 7) is 2.23. The van der Waals surface area contributed by atoms with Gasteiger partial charge in [0.15, 0.2) is 0 Å². The number of aromatic amines is 1. The number of nitrogens with one attached hydrogen (secondary N) is 2. The Bertz CT molecular complexity index is 587. The standard InChI is InChI=1S/C13H17FN4O.ClH/c1-2-3-9(15)13(19)16-7-12-17-10-5-4-8(14)6-11(10)18-12;/h4-6,9H,2-3,7,15H2,1H3,(H,16,19)(H,17,18);1H. The number of fused-ring (bicyclic) bond motifs is 1. The summed E-state index contributed by atoms with van der Waals surface area (Å²) in [4.78, 5) is 18.8. The van der Waals surface area contributed by atoms with Crippen molar-refractivity contribution in [3.63, 3.8) is 0 Å². The number of aromatic nitrogens is 2. The molecule has 0 bridgehead atoms. The van der Waals surface area contributed by atoms with Crippen LogP contribution in [0.15, 0.2) is 18.2 Å². The minimum atomic E-state index is -0.494. The van der Waals surface area contributed by atoms with E-state index in [0.29, 0.717) is 23.3 Å². The highest BCUT2D eigenvalue weighted by atomic mass is 35.5. The highest BCUT2D eigenvalue weighted by Crippen LogP contribution is 2.12. The molecule has 7 heteroatoms. The Morgan fingerprint density at radius 1 is 1.55 bits per heavy atom. The van der Waals surface area contributed by atoms with E-state index in [-0.39, 0.29) is 30.7 Å². The maximum Gasteiger partial charge on any atom is 0.237 e. The van der Waals surface area contributed by atoms with Crippen LogP contribution in [0.5, 0.6) is 0 Å². The topological polar surface area (TPSA) is 83.8 Å². The van der Waals surface area contributed by atoms with Crippen LogP contribution in [-0.2, 0) is 11.3 Å². The quantitative estimate of drug-likeness (QED) is 0.788. The first-order valence-electron chi connectivity index (χ1n) is 6.27. The van der Waals surface area contributed by atoms with Crippen LogP contribution in [0.2, 0.25) is 0 Å². The molecule has 1 amide bonds. The van der Waals surface area contributed by atoms with Crippen LogP contribution < -0.4 is 11.1 Å². The predicted octanol–water partition coefficient (Wildman–Crippen LogP) is 1.87. The molecule has 2 rings (SSSR count). The monoisotopic (exact) mass is 300 g/mol. The summed E-state index contributed by atoms with van der Waals surface area (Å²) in [7, 11) is 0. The summed E-state index contributed by atoms with van der Waals surface area (Å²) in [5.41, 5.74) is 6.98. The van der Waals surface area contributed by atoms with E-state index in [2.05, 4.69) is 15.3 Å². The van der Waals surface area contributed by atoms with Gasteiger partial charge in [0.05, 0.1) is 23.6 Å². The van der Waals surface area contributed by atoms with E-state index < -0.39 is 6.04 Å². The van der Waals surface area contributed by atoms with Gasteiger partial charge in [0.1, 0.15) is 11.6 Å².